The molecule has 118 valence electrons. The Morgan fingerprint density at radius 1 is 1.26 bits per heavy atom. The Bertz CT molecular complexity index is 734. The van der Waals surface area contributed by atoms with Crippen LogP contribution in [0.15, 0.2) is 61.2 Å². The Kier molecular flexibility index (Phi) is 6.54. The molecule has 2 rings (SSSR count). The Balaban J connectivity index is 1.98. The summed E-state index contributed by atoms with van der Waals surface area (Å²) in [5.41, 5.74) is 1.32. The van der Waals surface area contributed by atoms with E-state index in [0.717, 1.165) is 9.26 Å². The Morgan fingerprint density at radius 3 is 2.78 bits per heavy atom. The molecular weight excluding hydrogens is 423 g/mol. The van der Waals surface area contributed by atoms with Crippen LogP contribution >= 0.6 is 34.8 Å². The van der Waals surface area contributed by atoms with Gasteiger partial charge in [0.1, 0.15) is 12.4 Å². The van der Waals surface area contributed by atoms with Crippen LogP contribution in [-0.4, -0.2) is 17.6 Å². The molecule has 23 heavy (non-hydrogen) atoms. The van der Waals surface area contributed by atoms with Gasteiger partial charge in [0.05, 0.1) is 5.56 Å². The first kappa shape index (κ1) is 17.4. The third kappa shape index (κ3) is 5.33. The quantitative estimate of drug-likeness (QED) is 0.421. The summed E-state index contributed by atoms with van der Waals surface area (Å²) in [6.45, 7) is 4.03. The molecule has 0 saturated carbocycles. The lowest BCUT2D eigenvalue weighted by Gasteiger charge is -2.11. The largest absolute Gasteiger partial charge is 0.489 e. The highest BCUT2D eigenvalue weighted by Gasteiger charge is 2.11. The molecule has 0 fully saturated rings. The Labute approximate surface area is 154 Å². The molecule has 1 amide bonds. The summed E-state index contributed by atoms with van der Waals surface area (Å²) >= 11 is 7.30. The number of thiocarbonyl (C=S) groups is 1. The van der Waals surface area contributed by atoms with Crippen molar-refractivity contribution in [1.29, 1.82) is 0 Å². The van der Waals surface area contributed by atoms with Gasteiger partial charge in [0, 0.05) is 15.3 Å². The van der Waals surface area contributed by atoms with E-state index in [9.17, 15) is 4.79 Å². The standard InChI is InChI=1S/C17H15IN2O2S/c1-2-10-22-13-7-5-6-12(11-13)19-17(23)20-16(21)14-8-3-4-9-15(14)18/h2-9,11H,1,10H2,(H2,19,20,21,23). The maximum atomic E-state index is 12.2. The molecule has 0 saturated heterocycles. The van der Waals surface area contributed by atoms with E-state index in [4.69, 9.17) is 17.0 Å². The van der Waals surface area contributed by atoms with Gasteiger partial charge in [-0.3, -0.25) is 10.1 Å². The molecule has 0 bridgehead atoms. The zero-order chi connectivity index (χ0) is 16.7. The summed E-state index contributed by atoms with van der Waals surface area (Å²) in [7, 11) is 0. The first-order chi connectivity index (χ1) is 11.1. The third-order valence-electron chi connectivity index (χ3n) is 2.81. The van der Waals surface area contributed by atoms with Crippen molar-refractivity contribution in [1.82, 2.24) is 5.32 Å². The number of hydrogen-bond donors (Lipinski definition) is 2. The predicted molar refractivity (Wildman–Crippen MR) is 105 cm³/mol. The maximum absolute atomic E-state index is 12.2. The van der Waals surface area contributed by atoms with Crippen molar-refractivity contribution < 1.29 is 9.53 Å². The zero-order valence-electron chi connectivity index (χ0n) is 12.2. The van der Waals surface area contributed by atoms with Crippen molar-refractivity contribution in [3.63, 3.8) is 0 Å². The second-order valence-corrected chi connectivity index (χ2v) is 6.09. The van der Waals surface area contributed by atoms with E-state index in [2.05, 4.69) is 39.8 Å². The number of carbonyl (C=O) groups excluding carboxylic acids is 1. The average Bonchev–Trinajstić information content (AvgIpc) is 2.53. The van der Waals surface area contributed by atoms with E-state index < -0.39 is 0 Å². The van der Waals surface area contributed by atoms with Crippen LogP contribution in [0.2, 0.25) is 0 Å². The molecule has 6 heteroatoms. The minimum absolute atomic E-state index is 0.232. The number of ether oxygens (including phenoxy) is 1. The number of amides is 1. The molecule has 0 atom stereocenters. The van der Waals surface area contributed by atoms with Gasteiger partial charge in [0.2, 0.25) is 0 Å². The van der Waals surface area contributed by atoms with Gasteiger partial charge < -0.3 is 10.1 Å². The minimum atomic E-state index is -0.244. The van der Waals surface area contributed by atoms with E-state index in [-0.39, 0.29) is 11.0 Å². The monoisotopic (exact) mass is 438 g/mol. The summed E-state index contributed by atoms with van der Waals surface area (Å²) in [6.07, 6.45) is 1.67. The summed E-state index contributed by atoms with van der Waals surface area (Å²) in [6, 6.07) is 14.6. The van der Waals surface area contributed by atoms with Crippen LogP contribution in [0.3, 0.4) is 0 Å². The van der Waals surface area contributed by atoms with Crippen molar-refractivity contribution in [2.45, 2.75) is 0 Å². The number of carbonyl (C=O) groups is 1. The summed E-state index contributed by atoms with van der Waals surface area (Å²) in [5, 5.41) is 5.87. The van der Waals surface area contributed by atoms with Crippen LogP contribution in [0, 0.1) is 3.57 Å². The van der Waals surface area contributed by atoms with Gasteiger partial charge >= 0.3 is 0 Å². The molecule has 0 aliphatic carbocycles. The normalized spacial score (nSPS) is 9.78. The maximum Gasteiger partial charge on any atom is 0.258 e. The van der Waals surface area contributed by atoms with Gasteiger partial charge in [0.25, 0.3) is 5.91 Å². The SMILES string of the molecule is C=CCOc1cccc(NC(=S)NC(=O)c2ccccc2I)c1. The minimum Gasteiger partial charge on any atom is -0.489 e. The lowest BCUT2D eigenvalue weighted by Crippen LogP contribution is -2.34. The molecule has 2 N–H and O–H groups in total. The molecule has 0 heterocycles. The highest BCUT2D eigenvalue weighted by Crippen LogP contribution is 2.17. The van der Waals surface area contributed by atoms with E-state index in [1.807, 2.05) is 36.4 Å². The van der Waals surface area contributed by atoms with Gasteiger partial charge in [-0.25, -0.2) is 0 Å². The number of benzene rings is 2. The smallest absolute Gasteiger partial charge is 0.258 e. The Morgan fingerprint density at radius 2 is 2.04 bits per heavy atom. The fourth-order valence-electron chi connectivity index (χ4n) is 1.80. The molecule has 0 radical (unpaired) electrons. The van der Waals surface area contributed by atoms with Crippen molar-refractivity contribution in [2.24, 2.45) is 0 Å². The van der Waals surface area contributed by atoms with E-state index in [1.54, 1.807) is 18.2 Å². The number of hydrogen-bond acceptors (Lipinski definition) is 3. The fraction of sp³-hybridized carbons (Fsp3) is 0.0588. The molecular formula is C17H15IN2O2S. The summed E-state index contributed by atoms with van der Waals surface area (Å²) < 4.78 is 6.32. The summed E-state index contributed by atoms with van der Waals surface area (Å²) in [4.78, 5) is 12.2. The molecule has 2 aromatic carbocycles. The average molecular weight is 438 g/mol. The van der Waals surface area contributed by atoms with Crippen LogP contribution < -0.4 is 15.4 Å². The zero-order valence-corrected chi connectivity index (χ0v) is 15.2. The predicted octanol–water partition coefficient (Wildman–Crippen LogP) is 3.98. The van der Waals surface area contributed by atoms with Gasteiger partial charge in [-0.05, 0) is 59.1 Å². The third-order valence-corrected chi connectivity index (χ3v) is 3.95. The van der Waals surface area contributed by atoms with Gasteiger partial charge in [0.15, 0.2) is 5.11 Å². The van der Waals surface area contributed by atoms with Crippen molar-refractivity contribution in [2.75, 3.05) is 11.9 Å². The van der Waals surface area contributed by atoms with Crippen molar-refractivity contribution in [3.8, 4) is 5.75 Å². The second kappa shape index (κ2) is 8.64. The number of nitrogens with one attached hydrogen (secondary N) is 2. The van der Waals surface area contributed by atoms with E-state index in [1.165, 1.54) is 0 Å². The van der Waals surface area contributed by atoms with Crippen LogP contribution in [0.25, 0.3) is 0 Å². The van der Waals surface area contributed by atoms with Crippen LogP contribution in [0.5, 0.6) is 5.75 Å². The fourth-order valence-corrected chi connectivity index (χ4v) is 2.64. The number of rotatable bonds is 5. The molecule has 0 aromatic heterocycles. The summed E-state index contributed by atoms with van der Waals surface area (Å²) in [5.74, 6) is 0.452. The highest BCUT2D eigenvalue weighted by molar-refractivity contribution is 14.1. The molecule has 0 aliphatic rings. The van der Waals surface area contributed by atoms with Crippen molar-refractivity contribution in [3.05, 3.63) is 70.3 Å². The van der Waals surface area contributed by atoms with E-state index >= 15 is 0 Å². The molecule has 0 spiro atoms. The van der Waals surface area contributed by atoms with Gasteiger partial charge in [-0.2, -0.15) is 0 Å². The van der Waals surface area contributed by atoms with E-state index in [0.29, 0.717) is 17.9 Å². The first-order valence-corrected chi connectivity index (χ1v) is 8.29. The van der Waals surface area contributed by atoms with Crippen molar-refractivity contribution >= 4 is 51.5 Å². The van der Waals surface area contributed by atoms with Gasteiger partial charge in [-0.1, -0.05) is 30.9 Å². The van der Waals surface area contributed by atoms with Crippen LogP contribution in [-0.2, 0) is 0 Å². The van der Waals surface area contributed by atoms with Gasteiger partial charge in [-0.15, -0.1) is 0 Å². The molecule has 2 aromatic rings. The molecule has 0 aliphatic heterocycles. The van der Waals surface area contributed by atoms with Crippen LogP contribution in [0.1, 0.15) is 10.4 Å². The lowest BCUT2D eigenvalue weighted by molar-refractivity contribution is 0.0977. The highest BCUT2D eigenvalue weighted by atomic mass is 127. The van der Waals surface area contributed by atoms with Crippen LogP contribution in [0.4, 0.5) is 5.69 Å². The first-order valence-electron chi connectivity index (χ1n) is 6.81. The molecule has 4 nitrogen and oxygen atoms in total. The lowest BCUT2D eigenvalue weighted by atomic mass is 10.2. The topological polar surface area (TPSA) is 50.4 Å². The number of anilines is 1. The second-order valence-electron chi connectivity index (χ2n) is 4.52. The Hall–Kier alpha value is -1.93. The molecule has 0 unspecified atom stereocenters. The number of halogens is 1.